The van der Waals surface area contributed by atoms with Gasteiger partial charge in [0.15, 0.2) is 0 Å². The first-order chi connectivity index (χ1) is 17.6. The second kappa shape index (κ2) is 15.1. The molecule has 1 aliphatic rings. The van der Waals surface area contributed by atoms with Crippen LogP contribution in [-0.2, 0) is 19.1 Å². The summed E-state index contributed by atoms with van der Waals surface area (Å²) in [5.41, 5.74) is 0. The van der Waals surface area contributed by atoms with Crippen molar-refractivity contribution in [3.05, 3.63) is 48.5 Å². The summed E-state index contributed by atoms with van der Waals surface area (Å²) in [6.45, 7) is 2.42. The Labute approximate surface area is 212 Å². The molecule has 0 atom stereocenters. The summed E-state index contributed by atoms with van der Waals surface area (Å²) in [5, 5.41) is 0. The van der Waals surface area contributed by atoms with E-state index < -0.39 is 0 Å². The van der Waals surface area contributed by atoms with E-state index in [2.05, 4.69) is 0 Å². The van der Waals surface area contributed by atoms with Crippen LogP contribution in [-0.4, -0.2) is 52.6 Å². The van der Waals surface area contributed by atoms with Crippen molar-refractivity contribution in [1.29, 1.82) is 0 Å². The second-order valence-electron chi connectivity index (χ2n) is 8.72. The second-order valence-corrected chi connectivity index (χ2v) is 8.72. The van der Waals surface area contributed by atoms with Crippen LogP contribution in [0.5, 0.6) is 23.0 Å². The molecule has 1 saturated carbocycles. The van der Waals surface area contributed by atoms with E-state index in [9.17, 15) is 9.59 Å². The minimum Gasteiger partial charge on any atom is -0.494 e. The van der Waals surface area contributed by atoms with Gasteiger partial charge in [-0.15, -0.1) is 0 Å². The van der Waals surface area contributed by atoms with E-state index >= 15 is 0 Å². The third-order valence-corrected chi connectivity index (χ3v) is 6.00. The Morgan fingerprint density at radius 2 is 0.917 bits per heavy atom. The SMILES string of the molecule is COCCCOc1ccc(OC(=O)C2CCC(C(=O)Oc3ccc(OCCCOC)cc3)CC2)cc1. The van der Waals surface area contributed by atoms with Gasteiger partial charge in [-0.25, -0.2) is 0 Å². The molecule has 2 aromatic carbocycles. The number of hydrogen-bond donors (Lipinski definition) is 0. The topological polar surface area (TPSA) is 89.5 Å². The highest BCUT2D eigenvalue weighted by Gasteiger charge is 2.32. The van der Waals surface area contributed by atoms with Crippen molar-refractivity contribution in [3.8, 4) is 23.0 Å². The molecule has 0 saturated heterocycles. The first-order valence-corrected chi connectivity index (χ1v) is 12.5. The number of hydrogen-bond acceptors (Lipinski definition) is 8. The van der Waals surface area contributed by atoms with E-state index in [4.69, 9.17) is 28.4 Å². The van der Waals surface area contributed by atoms with E-state index in [-0.39, 0.29) is 23.8 Å². The monoisotopic (exact) mass is 500 g/mol. The minimum absolute atomic E-state index is 0.228. The zero-order valence-corrected chi connectivity index (χ0v) is 21.1. The maximum absolute atomic E-state index is 12.6. The molecule has 8 nitrogen and oxygen atoms in total. The van der Waals surface area contributed by atoms with Crippen LogP contribution in [0.1, 0.15) is 38.5 Å². The fourth-order valence-corrected chi connectivity index (χ4v) is 3.96. The van der Waals surface area contributed by atoms with Crippen molar-refractivity contribution < 1.29 is 38.0 Å². The van der Waals surface area contributed by atoms with Crippen LogP contribution in [0.3, 0.4) is 0 Å². The Bertz CT molecular complexity index is 840. The molecule has 196 valence electrons. The smallest absolute Gasteiger partial charge is 0.314 e. The predicted molar refractivity (Wildman–Crippen MR) is 134 cm³/mol. The average molecular weight is 501 g/mol. The molecule has 36 heavy (non-hydrogen) atoms. The van der Waals surface area contributed by atoms with Crippen LogP contribution >= 0.6 is 0 Å². The van der Waals surface area contributed by atoms with Gasteiger partial charge in [0.2, 0.25) is 0 Å². The molecule has 0 bridgehead atoms. The molecule has 0 radical (unpaired) electrons. The Morgan fingerprint density at radius 1 is 0.583 bits per heavy atom. The van der Waals surface area contributed by atoms with Crippen LogP contribution < -0.4 is 18.9 Å². The Morgan fingerprint density at radius 3 is 1.25 bits per heavy atom. The molecule has 1 fully saturated rings. The molecule has 0 aliphatic heterocycles. The molecule has 3 rings (SSSR count). The van der Waals surface area contributed by atoms with Gasteiger partial charge in [0.25, 0.3) is 0 Å². The fourth-order valence-electron chi connectivity index (χ4n) is 3.96. The van der Waals surface area contributed by atoms with Gasteiger partial charge in [0.05, 0.1) is 25.0 Å². The van der Waals surface area contributed by atoms with Crippen molar-refractivity contribution in [1.82, 2.24) is 0 Å². The average Bonchev–Trinajstić information content (AvgIpc) is 2.91. The summed E-state index contributed by atoms with van der Waals surface area (Å²) in [5.74, 6) is 1.41. The summed E-state index contributed by atoms with van der Waals surface area (Å²) in [6, 6.07) is 14.0. The zero-order valence-electron chi connectivity index (χ0n) is 21.1. The van der Waals surface area contributed by atoms with Gasteiger partial charge in [0.1, 0.15) is 23.0 Å². The third kappa shape index (κ3) is 9.17. The van der Waals surface area contributed by atoms with E-state index in [1.807, 2.05) is 0 Å². The van der Waals surface area contributed by atoms with Gasteiger partial charge in [-0.3, -0.25) is 9.59 Å². The van der Waals surface area contributed by atoms with Crippen molar-refractivity contribution in [2.75, 3.05) is 40.6 Å². The molecule has 0 N–H and O–H groups in total. The lowest BCUT2D eigenvalue weighted by Gasteiger charge is -2.25. The van der Waals surface area contributed by atoms with E-state index in [1.165, 1.54) is 0 Å². The number of carbonyl (C=O) groups is 2. The molecule has 1 aliphatic carbocycles. The van der Waals surface area contributed by atoms with Crippen molar-refractivity contribution >= 4 is 11.9 Å². The summed E-state index contributed by atoms with van der Waals surface area (Å²) in [7, 11) is 3.31. The predicted octanol–water partition coefficient (Wildman–Crippen LogP) is 4.83. The third-order valence-electron chi connectivity index (χ3n) is 6.00. The van der Waals surface area contributed by atoms with Crippen LogP contribution in [0.25, 0.3) is 0 Å². The van der Waals surface area contributed by atoms with Gasteiger partial charge >= 0.3 is 11.9 Å². The lowest BCUT2D eigenvalue weighted by Crippen LogP contribution is -2.30. The summed E-state index contributed by atoms with van der Waals surface area (Å²) >= 11 is 0. The Balaban J connectivity index is 1.37. The molecule has 0 heterocycles. The van der Waals surface area contributed by atoms with Crippen LogP contribution in [0, 0.1) is 11.8 Å². The first kappa shape index (κ1) is 27.5. The normalized spacial score (nSPS) is 17.3. The highest BCUT2D eigenvalue weighted by molar-refractivity contribution is 5.77. The molecular formula is C28H36O8. The van der Waals surface area contributed by atoms with Crippen LogP contribution in [0.4, 0.5) is 0 Å². The Hall–Kier alpha value is -3.10. The van der Waals surface area contributed by atoms with Gasteiger partial charge in [-0.05, 0) is 74.2 Å². The van der Waals surface area contributed by atoms with Crippen LogP contribution in [0.2, 0.25) is 0 Å². The largest absolute Gasteiger partial charge is 0.494 e. The number of carbonyl (C=O) groups excluding carboxylic acids is 2. The maximum Gasteiger partial charge on any atom is 0.314 e. The van der Waals surface area contributed by atoms with Gasteiger partial charge in [0, 0.05) is 40.3 Å². The molecule has 0 aromatic heterocycles. The lowest BCUT2D eigenvalue weighted by atomic mass is 9.82. The molecule has 0 spiro atoms. The first-order valence-electron chi connectivity index (χ1n) is 12.5. The summed E-state index contributed by atoms with van der Waals surface area (Å²) < 4.78 is 32.3. The lowest BCUT2D eigenvalue weighted by molar-refractivity contribution is -0.145. The number of esters is 2. The highest BCUT2D eigenvalue weighted by Crippen LogP contribution is 2.32. The number of rotatable bonds is 14. The van der Waals surface area contributed by atoms with Gasteiger partial charge in [-0.1, -0.05) is 0 Å². The van der Waals surface area contributed by atoms with Crippen LogP contribution in [0.15, 0.2) is 48.5 Å². The fraction of sp³-hybridized carbons (Fsp3) is 0.500. The quantitative estimate of drug-likeness (QED) is 0.207. The van der Waals surface area contributed by atoms with Gasteiger partial charge < -0.3 is 28.4 Å². The number of ether oxygens (including phenoxy) is 6. The highest BCUT2D eigenvalue weighted by atomic mass is 16.5. The minimum atomic E-state index is -0.267. The van der Waals surface area contributed by atoms with Crippen molar-refractivity contribution in [3.63, 3.8) is 0 Å². The van der Waals surface area contributed by atoms with Crippen molar-refractivity contribution in [2.45, 2.75) is 38.5 Å². The number of benzene rings is 2. The molecule has 0 unspecified atom stereocenters. The zero-order chi connectivity index (χ0) is 25.6. The van der Waals surface area contributed by atoms with Crippen molar-refractivity contribution in [2.24, 2.45) is 11.8 Å². The molecular weight excluding hydrogens is 464 g/mol. The summed E-state index contributed by atoms with van der Waals surface area (Å²) in [4.78, 5) is 25.2. The molecule has 0 amide bonds. The standard InChI is InChI=1S/C28H36O8/c1-31-17-3-19-33-23-9-13-25(14-10-23)35-27(29)21-5-7-22(8-6-21)28(30)36-26-15-11-24(12-16-26)34-20-4-18-32-2/h9-16,21-22H,3-8,17-20H2,1-2H3. The van der Waals surface area contributed by atoms with E-state index in [1.54, 1.807) is 62.8 Å². The number of methoxy groups -OCH3 is 2. The van der Waals surface area contributed by atoms with E-state index in [0.717, 1.165) is 12.8 Å². The Kier molecular flexibility index (Phi) is 11.5. The molecule has 2 aromatic rings. The maximum atomic E-state index is 12.6. The van der Waals surface area contributed by atoms with Gasteiger partial charge in [-0.2, -0.15) is 0 Å². The summed E-state index contributed by atoms with van der Waals surface area (Å²) in [6.07, 6.45) is 3.98. The van der Waals surface area contributed by atoms with E-state index in [0.29, 0.717) is 75.1 Å². The molecule has 8 heteroatoms.